The summed E-state index contributed by atoms with van der Waals surface area (Å²) < 4.78 is 11.2. The van der Waals surface area contributed by atoms with Gasteiger partial charge in [-0.2, -0.15) is 0 Å². The Bertz CT molecular complexity index is 1030. The Balaban J connectivity index is 1.38. The minimum Gasteiger partial charge on any atom is -0.494 e. The average molecular weight is 466 g/mol. The molecule has 9 heteroatoms. The second kappa shape index (κ2) is 13.1. The Morgan fingerprint density at radius 2 is 1.74 bits per heavy atom. The van der Waals surface area contributed by atoms with E-state index in [0.29, 0.717) is 48.9 Å². The van der Waals surface area contributed by atoms with Crippen LogP contribution in [-0.4, -0.2) is 60.7 Å². The molecule has 180 valence electrons. The fraction of sp³-hybridized carbons (Fsp3) is 0.360. The number of nitrogens with one attached hydrogen (secondary N) is 2. The Labute approximate surface area is 199 Å². The number of para-hydroxylation sites is 1. The molecule has 0 saturated carbocycles. The molecule has 0 fully saturated rings. The standard InChI is InChI=1S/C25H31N5O4/c1-30(2)16-7-15-26-24(32)19-11-13-20(14-12-19)25-29-28-23(34-25)18-27-22(31)10-6-17-33-21-8-4-3-5-9-21/h3-5,8-9,11-14H,6-7,10,15-18H2,1-2H3,(H,26,32)(H,27,31). The number of aromatic nitrogens is 2. The summed E-state index contributed by atoms with van der Waals surface area (Å²) in [5, 5.41) is 13.7. The molecule has 0 radical (unpaired) electrons. The first-order chi connectivity index (χ1) is 16.5. The first-order valence-electron chi connectivity index (χ1n) is 11.3. The molecule has 34 heavy (non-hydrogen) atoms. The first-order valence-corrected chi connectivity index (χ1v) is 11.3. The summed E-state index contributed by atoms with van der Waals surface area (Å²) in [7, 11) is 4.00. The van der Waals surface area contributed by atoms with E-state index in [-0.39, 0.29) is 18.4 Å². The lowest BCUT2D eigenvalue weighted by Crippen LogP contribution is -2.27. The minimum absolute atomic E-state index is 0.114. The lowest BCUT2D eigenvalue weighted by atomic mass is 10.1. The molecule has 2 amide bonds. The third kappa shape index (κ3) is 8.32. The number of benzene rings is 2. The van der Waals surface area contributed by atoms with Crippen LogP contribution in [0.2, 0.25) is 0 Å². The van der Waals surface area contributed by atoms with Crippen molar-refractivity contribution in [3.05, 3.63) is 66.1 Å². The molecule has 0 aliphatic carbocycles. The molecule has 9 nitrogen and oxygen atoms in total. The Morgan fingerprint density at radius 1 is 0.971 bits per heavy atom. The maximum absolute atomic E-state index is 12.2. The molecule has 0 saturated heterocycles. The van der Waals surface area contributed by atoms with E-state index in [0.717, 1.165) is 18.7 Å². The zero-order valence-electron chi connectivity index (χ0n) is 19.6. The molecule has 2 N–H and O–H groups in total. The fourth-order valence-corrected chi connectivity index (χ4v) is 3.11. The fourth-order valence-electron chi connectivity index (χ4n) is 3.11. The van der Waals surface area contributed by atoms with Crippen molar-refractivity contribution in [2.24, 2.45) is 0 Å². The van der Waals surface area contributed by atoms with Gasteiger partial charge < -0.3 is 24.7 Å². The van der Waals surface area contributed by atoms with Gasteiger partial charge in [0.25, 0.3) is 5.91 Å². The molecule has 0 unspecified atom stereocenters. The van der Waals surface area contributed by atoms with Crippen molar-refractivity contribution in [2.75, 3.05) is 33.8 Å². The zero-order valence-corrected chi connectivity index (χ0v) is 19.6. The Kier molecular flexibility index (Phi) is 9.60. The first kappa shape index (κ1) is 24.9. The Hall–Kier alpha value is -3.72. The third-order valence-electron chi connectivity index (χ3n) is 4.93. The number of ether oxygens (including phenoxy) is 1. The van der Waals surface area contributed by atoms with Crippen LogP contribution >= 0.6 is 0 Å². The van der Waals surface area contributed by atoms with E-state index in [9.17, 15) is 9.59 Å². The zero-order chi connectivity index (χ0) is 24.2. The van der Waals surface area contributed by atoms with Crippen LogP contribution in [0.25, 0.3) is 11.5 Å². The summed E-state index contributed by atoms with van der Waals surface area (Å²) in [5.41, 5.74) is 1.27. The molecule has 0 aliphatic rings. The van der Waals surface area contributed by atoms with Gasteiger partial charge in [0.1, 0.15) is 5.75 Å². The molecule has 1 heterocycles. The van der Waals surface area contributed by atoms with E-state index in [1.807, 2.05) is 44.4 Å². The summed E-state index contributed by atoms with van der Waals surface area (Å²) in [4.78, 5) is 26.3. The lowest BCUT2D eigenvalue weighted by Gasteiger charge is -2.10. The number of rotatable bonds is 13. The summed E-state index contributed by atoms with van der Waals surface area (Å²) in [6.45, 7) is 2.16. The Morgan fingerprint density at radius 3 is 2.47 bits per heavy atom. The maximum Gasteiger partial charge on any atom is 0.251 e. The van der Waals surface area contributed by atoms with Crippen molar-refractivity contribution in [3.8, 4) is 17.2 Å². The molecule has 3 rings (SSSR count). The smallest absolute Gasteiger partial charge is 0.251 e. The predicted octanol–water partition coefficient (Wildman–Crippen LogP) is 2.89. The molecular formula is C25H31N5O4. The van der Waals surface area contributed by atoms with E-state index in [1.165, 1.54) is 0 Å². The van der Waals surface area contributed by atoms with Crippen molar-refractivity contribution < 1.29 is 18.7 Å². The van der Waals surface area contributed by atoms with Gasteiger partial charge >= 0.3 is 0 Å². The second-order valence-electron chi connectivity index (χ2n) is 8.03. The van der Waals surface area contributed by atoms with Gasteiger partial charge in [0.15, 0.2) is 0 Å². The molecule has 0 bridgehead atoms. The average Bonchev–Trinajstić information content (AvgIpc) is 3.33. The van der Waals surface area contributed by atoms with E-state index >= 15 is 0 Å². The quantitative estimate of drug-likeness (QED) is 0.374. The third-order valence-corrected chi connectivity index (χ3v) is 4.93. The van der Waals surface area contributed by atoms with Gasteiger partial charge in [-0.05, 0) is 69.9 Å². The van der Waals surface area contributed by atoms with E-state index < -0.39 is 0 Å². The SMILES string of the molecule is CN(C)CCCNC(=O)c1ccc(-c2nnc(CNC(=O)CCCOc3ccccc3)o2)cc1. The van der Waals surface area contributed by atoms with Crippen LogP contribution < -0.4 is 15.4 Å². The number of carbonyl (C=O) groups excluding carboxylic acids is 2. The summed E-state index contributed by atoms with van der Waals surface area (Å²) in [6, 6.07) is 16.5. The summed E-state index contributed by atoms with van der Waals surface area (Å²) in [5.74, 6) is 1.20. The molecule has 0 atom stereocenters. The van der Waals surface area contributed by atoms with Gasteiger partial charge in [-0.3, -0.25) is 9.59 Å². The van der Waals surface area contributed by atoms with E-state index in [4.69, 9.17) is 9.15 Å². The van der Waals surface area contributed by atoms with Gasteiger partial charge in [-0.1, -0.05) is 18.2 Å². The summed E-state index contributed by atoms with van der Waals surface area (Å²) in [6.07, 6.45) is 1.83. The van der Waals surface area contributed by atoms with Crippen LogP contribution in [0.4, 0.5) is 0 Å². The molecular weight excluding hydrogens is 434 g/mol. The van der Waals surface area contributed by atoms with Crippen LogP contribution in [0.5, 0.6) is 5.75 Å². The number of hydrogen-bond donors (Lipinski definition) is 2. The number of carbonyl (C=O) groups is 2. The van der Waals surface area contributed by atoms with Crippen LogP contribution in [0, 0.1) is 0 Å². The summed E-state index contributed by atoms with van der Waals surface area (Å²) >= 11 is 0. The predicted molar refractivity (Wildman–Crippen MR) is 128 cm³/mol. The van der Waals surface area contributed by atoms with Crippen LogP contribution in [0.1, 0.15) is 35.5 Å². The van der Waals surface area contributed by atoms with Crippen molar-refractivity contribution in [1.82, 2.24) is 25.7 Å². The highest BCUT2D eigenvalue weighted by Crippen LogP contribution is 2.18. The maximum atomic E-state index is 12.2. The molecule has 1 aromatic heterocycles. The van der Waals surface area contributed by atoms with E-state index in [2.05, 4.69) is 25.7 Å². The molecule has 0 spiro atoms. The number of hydrogen-bond acceptors (Lipinski definition) is 7. The normalized spacial score (nSPS) is 10.8. The molecule has 0 aliphatic heterocycles. The highest BCUT2D eigenvalue weighted by Gasteiger charge is 2.11. The van der Waals surface area contributed by atoms with Crippen LogP contribution in [0.3, 0.4) is 0 Å². The minimum atomic E-state index is -0.117. The molecule has 2 aromatic carbocycles. The van der Waals surface area contributed by atoms with Crippen molar-refractivity contribution in [2.45, 2.75) is 25.8 Å². The van der Waals surface area contributed by atoms with Crippen molar-refractivity contribution in [3.63, 3.8) is 0 Å². The van der Waals surface area contributed by atoms with Gasteiger partial charge in [-0.25, -0.2) is 0 Å². The monoisotopic (exact) mass is 465 g/mol. The van der Waals surface area contributed by atoms with Crippen LogP contribution in [0.15, 0.2) is 59.0 Å². The topological polar surface area (TPSA) is 110 Å². The second-order valence-corrected chi connectivity index (χ2v) is 8.03. The van der Waals surface area contributed by atoms with Gasteiger partial charge in [0, 0.05) is 24.1 Å². The van der Waals surface area contributed by atoms with Gasteiger partial charge in [0.2, 0.25) is 17.7 Å². The lowest BCUT2D eigenvalue weighted by molar-refractivity contribution is -0.121. The van der Waals surface area contributed by atoms with Crippen LogP contribution in [-0.2, 0) is 11.3 Å². The highest BCUT2D eigenvalue weighted by molar-refractivity contribution is 5.94. The van der Waals surface area contributed by atoms with E-state index in [1.54, 1.807) is 24.3 Å². The largest absolute Gasteiger partial charge is 0.494 e. The number of nitrogens with zero attached hydrogens (tertiary/aromatic N) is 3. The van der Waals surface area contributed by atoms with Gasteiger partial charge in [0.05, 0.1) is 13.2 Å². The molecule has 3 aromatic rings. The van der Waals surface area contributed by atoms with Gasteiger partial charge in [-0.15, -0.1) is 10.2 Å². The highest BCUT2D eigenvalue weighted by atomic mass is 16.5. The van der Waals surface area contributed by atoms with Crippen molar-refractivity contribution in [1.29, 1.82) is 0 Å². The number of amides is 2. The van der Waals surface area contributed by atoms with Crippen molar-refractivity contribution >= 4 is 11.8 Å².